The lowest BCUT2D eigenvalue weighted by molar-refractivity contribution is 0.0944. The monoisotopic (exact) mass is 266 g/mol. The Balaban J connectivity index is 1.90. The summed E-state index contributed by atoms with van der Waals surface area (Å²) in [7, 11) is 0. The van der Waals surface area contributed by atoms with Crippen molar-refractivity contribution in [1.82, 2.24) is 10.6 Å². The van der Waals surface area contributed by atoms with E-state index in [1.54, 1.807) is 12.1 Å². The molecule has 1 heterocycles. The van der Waals surface area contributed by atoms with E-state index in [2.05, 4.69) is 10.6 Å². The van der Waals surface area contributed by atoms with E-state index >= 15 is 0 Å². The highest BCUT2D eigenvalue weighted by Gasteiger charge is 2.15. The number of halogens is 1. The molecule has 0 aromatic heterocycles. The van der Waals surface area contributed by atoms with Gasteiger partial charge < -0.3 is 10.6 Å². The quantitative estimate of drug-likeness (QED) is 0.882. The first-order valence-corrected chi connectivity index (χ1v) is 6.79. The molecule has 98 valence electrons. The highest BCUT2D eigenvalue weighted by Crippen LogP contribution is 2.15. The molecule has 0 spiro atoms. The lowest BCUT2D eigenvalue weighted by atomic mass is 9.99. The van der Waals surface area contributed by atoms with Gasteiger partial charge in [-0.05, 0) is 62.5 Å². The van der Waals surface area contributed by atoms with Crippen molar-refractivity contribution in [3.63, 3.8) is 0 Å². The Morgan fingerprint density at radius 1 is 1.56 bits per heavy atom. The summed E-state index contributed by atoms with van der Waals surface area (Å²) in [6, 6.07) is 5.36. The Kier molecular flexibility index (Phi) is 4.61. The molecule has 1 saturated heterocycles. The zero-order chi connectivity index (χ0) is 13.0. The second-order valence-electron chi connectivity index (χ2n) is 4.88. The van der Waals surface area contributed by atoms with Gasteiger partial charge in [0.15, 0.2) is 0 Å². The summed E-state index contributed by atoms with van der Waals surface area (Å²) in [5.74, 6) is 0.546. The maximum absolute atomic E-state index is 12.0. The van der Waals surface area contributed by atoms with Crippen LogP contribution in [0.15, 0.2) is 18.2 Å². The molecule has 0 aliphatic carbocycles. The summed E-state index contributed by atoms with van der Waals surface area (Å²) >= 11 is 5.88. The van der Waals surface area contributed by atoms with E-state index in [1.807, 2.05) is 13.0 Å². The lowest BCUT2D eigenvalue weighted by Gasteiger charge is -2.23. The first-order chi connectivity index (χ1) is 8.66. The largest absolute Gasteiger partial charge is 0.352 e. The number of rotatable bonds is 3. The van der Waals surface area contributed by atoms with Gasteiger partial charge in [-0.3, -0.25) is 4.79 Å². The summed E-state index contributed by atoms with van der Waals surface area (Å²) in [5, 5.41) is 7.02. The number of hydrogen-bond acceptors (Lipinski definition) is 2. The van der Waals surface area contributed by atoms with Crippen LogP contribution in [0.3, 0.4) is 0 Å². The molecule has 0 saturated carbocycles. The van der Waals surface area contributed by atoms with Crippen molar-refractivity contribution < 1.29 is 4.79 Å². The molecule has 1 aliphatic rings. The van der Waals surface area contributed by atoms with Crippen LogP contribution < -0.4 is 10.6 Å². The number of amides is 1. The maximum Gasteiger partial charge on any atom is 0.251 e. The van der Waals surface area contributed by atoms with Crippen LogP contribution in [-0.2, 0) is 0 Å². The fourth-order valence-electron chi connectivity index (χ4n) is 2.31. The molecule has 2 rings (SSSR count). The number of aryl methyl sites for hydroxylation is 1. The molecule has 1 aromatic rings. The van der Waals surface area contributed by atoms with Crippen LogP contribution in [0.5, 0.6) is 0 Å². The summed E-state index contributed by atoms with van der Waals surface area (Å²) in [4.78, 5) is 12.0. The molecule has 1 unspecified atom stereocenters. The van der Waals surface area contributed by atoms with E-state index in [0.29, 0.717) is 16.5 Å². The van der Waals surface area contributed by atoms with Crippen LogP contribution in [-0.4, -0.2) is 25.5 Å². The summed E-state index contributed by atoms with van der Waals surface area (Å²) in [6.07, 6.45) is 2.38. The van der Waals surface area contributed by atoms with Gasteiger partial charge in [-0.15, -0.1) is 0 Å². The number of hydrogen-bond donors (Lipinski definition) is 2. The van der Waals surface area contributed by atoms with Crippen LogP contribution in [0.1, 0.15) is 28.8 Å². The van der Waals surface area contributed by atoms with Gasteiger partial charge in [-0.2, -0.15) is 0 Å². The lowest BCUT2D eigenvalue weighted by Crippen LogP contribution is -2.38. The van der Waals surface area contributed by atoms with Gasteiger partial charge in [0, 0.05) is 17.1 Å². The third-order valence-corrected chi connectivity index (χ3v) is 3.62. The fourth-order valence-corrected chi connectivity index (χ4v) is 2.54. The fraction of sp³-hybridized carbons (Fsp3) is 0.500. The number of carbonyl (C=O) groups is 1. The number of carbonyl (C=O) groups excluding carboxylic acids is 1. The second-order valence-corrected chi connectivity index (χ2v) is 5.32. The smallest absolute Gasteiger partial charge is 0.251 e. The van der Waals surface area contributed by atoms with Crippen molar-refractivity contribution in [2.45, 2.75) is 19.8 Å². The molecule has 2 N–H and O–H groups in total. The predicted octanol–water partition coefficient (Wildman–Crippen LogP) is 2.38. The highest BCUT2D eigenvalue weighted by atomic mass is 35.5. The molecule has 1 fully saturated rings. The first kappa shape index (κ1) is 13.4. The molecule has 4 heteroatoms. The van der Waals surface area contributed by atoms with Crippen LogP contribution >= 0.6 is 11.6 Å². The van der Waals surface area contributed by atoms with Gasteiger partial charge in [-0.25, -0.2) is 0 Å². The zero-order valence-electron chi connectivity index (χ0n) is 10.6. The van der Waals surface area contributed by atoms with Gasteiger partial charge in [0.25, 0.3) is 5.91 Å². The van der Waals surface area contributed by atoms with Crippen LogP contribution in [0.25, 0.3) is 0 Å². The van der Waals surface area contributed by atoms with E-state index in [-0.39, 0.29) is 5.91 Å². The van der Waals surface area contributed by atoms with Crippen molar-refractivity contribution in [1.29, 1.82) is 0 Å². The minimum absolute atomic E-state index is 0.00487. The number of piperidine rings is 1. The molecule has 1 amide bonds. The molecule has 0 radical (unpaired) electrons. The Hall–Kier alpha value is -1.06. The molecular formula is C14H19ClN2O. The molecule has 1 aliphatic heterocycles. The van der Waals surface area contributed by atoms with E-state index < -0.39 is 0 Å². The van der Waals surface area contributed by atoms with Gasteiger partial charge in [0.2, 0.25) is 0 Å². The zero-order valence-corrected chi connectivity index (χ0v) is 11.4. The van der Waals surface area contributed by atoms with Crippen LogP contribution in [0, 0.1) is 12.8 Å². The van der Waals surface area contributed by atoms with E-state index in [1.165, 1.54) is 12.8 Å². The minimum atomic E-state index is -0.00487. The van der Waals surface area contributed by atoms with Crippen molar-refractivity contribution in [3.05, 3.63) is 34.3 Å². The second kappa shape index (κ2) is 6.21. The Morgan fingerprint density at radius 2 is 2.39 bits per heavy atom. The maximum atomic E-state index is 12.0. The molecule has 18 heavy (non-hydrogen) atoms. The topological polar surface area (TPSA) is 41.1 Å². The van der Waals surface area contributed by atoms with Gasteiger partial charge in [-0.1, -0.05) is 11.6 Å². The molecule has 1 aromatic carbocycles. The molecule has 3 nitrogen and oxygen atoms in total. The van der Waals surface area contributed by atoms with E-state index in [9.17, 15) is 4.79 Å². The van der Waals surface area contributed by atoms with Crippen molar-refractivity contribution in [3.8, 4) is 0 Å². The average molecular weight is 267 g/mol. The van der Waals surface area contributed by atoms with Crippen molar-refractivity contribution in [2.24, 2.45) is 5.92 Å². The minimum Gasteiger partial charge on any atom is -0.352 e. The third kappa shape index (κ3) is 3.47. The van der Waals surface area contributed by atoms with Crippen LogP contribution in [0.4, 0.5) is 0 Å². The average Bonchev–Trinajstić information content (AvgIpc) is 2.37. The SMILES string of the molecule is Cc1cc(Cl)ccc1C(=O)NCC1CCCNC1. The van der Waals surface area contributed by atoms with Gasteiger partial charge in [0.05, 0.1) is 0 Å². The Labute approximate surface area is 113 Å². The van der Waals surface area contributed by atoms with Gasteiger partial charge >= 0.3 is 0 Å². The third-order valence-electron chi connectivity index (χ3n) is 3.38. The summed E-state index contributed by atoms with van der Waals surface area (Å²) in [6.45, 7) is 4.75. The Bertz CT molecular complexity index is 428. The van der Waals surface area contributed by atoms with Crippen LogP contribution in [0.2, 0.25) is 5.02 Å². The van der Waals surface area contributed by atoms with E-state index in [4.69, 9.17) is 11.6 Å². The molecule has 0 bridgehead atoms. The van der Waals surface area contributed by atoms with Crippen molar-refractivity contribution >= 4 is 17.5 Å². The molecule has 1 atom stereocenters. The summed E-state index contributed by atoms with van der Waals surface area (Å²) < 4.78 is 0. The molecular weight excluding hydrogens is 248 g/mol. The first-order valence-electron chi connectivity index (χ1n) is 6.42. The number of nitrogens with one attached hydrogen (secondary N) is 2. The van der Waals surface area contributed by atoms with Crippen molar-refractivity contribution in [2.75, 3.05) is 19.6 Å². The van der Waals surface area contributed by atoms with Gasteiger partial charge in [0.1, 0.15) is 0 Å². The summed E-state index contributed by atoms with van der Waals surface area (Å²) in [5.41, 5.74) is 1.63. The standard InChI is InChI=1S/C14H19ClN2O/c1-10-7-12(15)4-5-13(10)14(18)17-9-11-3-2-6-16-8-11/h4-5,7,11,16H,2-3,6,8-9H2,1H3,(H,17,18). The predicted molar refractivity (Wildman–Crippen MR) is 74.1 cm³/mol. The van der Waals surface area contributed by atoms with E-state index in [0.717, 1.165) is 25.2 Å². The normalized spacial score (nSPS) is 19.6. The highest BCUT2D eigenvalue weighted by molar-refractivity contribution is 6.30. The number of benzene rings is 1. The Morgan fingerprint density at radius 3 is 3.06 bits per heavy atom.